The summed E-state index contributed by atoms with van der Waals surface area (Å²) in [6.07, 6.45) is 2.36. The van der Waals surface area contributed by atoms with E-state index in [9.17, 15) is 0 Å². The first-order valence-electron chi connectivity index (χ1n) is 6.47. The third-order valence-electron chi connectivity index (χ3n) is 3.74. The van der Waals surface area contributed by atoms with Crippen molar-refractivity contribution in [1.29, 1.82) is 0 Å². The van der Waals surface area contributed by atoms with Crippen molar-refractivity contribution in [3.05, 3.63) is 33.0 Å². The molecular weight excluding hydrogens is 280 g/mol. The number of thiazole rings is 1. The van der Waals surface area contributed by atoms with Gasteiger partial charge in [0.2, 0.25) is 0 Å². The number of aryl methyl sites for hydroxylation is 2. The highest BCUT2D eigenvalue weighted by atomic mass is 35.5. The first kappa shape index (κ1) is 13.1. The molecule has 0 aliphatic carbocycles. The van der Waals surface area contributed by atoms with E-state index in [4.69, 9.17) is 11.6 Å². The average Bonchev–Trinajstić information content (AvgIpc) is 3.06. The maximum absolute atomic E-state index is 6.40. The van der Waals surface area contributed by atoms with E-state index in [0.29, 0.717) is 6.04 Å². The summed E-state index contributed by atoms with van der Waals surface area (Å²) < 4.78 is 1.77. The Morgan fingerprint density at radius 3 is 3.00 bits per heavy atom. The molecule has 102 valence electrons. The zero-order valence-electron chi connectivity index (χ0n) is 11.1. The maximum atomic E-state index is 6.40. The molecule has 0 saturated carbocycles. The Morgan fingerprint density at radius 1 is 1.53 bits per heavy atom. The zero-order chi connectivity index (χ0) is 13.4. The molecule has 1 saturated heterocycles. The van der Waals surface area contributed by atoms with Crippen LogP contribution in [0, 0.1) is 6.92 Å². The van der Waals surface area contributed by atoms with Gasteiger partial charge in [0.05, 0.1) is 16.9 Å². The Balaban J connectivity index is 1.86. The molecule has 3 heterocycles. The molecule has 3 rings (SSSR count). The van der Waals surface area contributed by atoms with Gasteiger partial charge in [0.1, 0.15) is 5.15 Å². The van der Waals surface area contributed by atoms with Crippen LogP contribution in [0.2, 0.25) is 5.15 Å². The van der Waals surface area contributed by atoms with E-state index in [1.807, 2.05) is 19.5 Å². The minimum Gasteiger partial charge on any atom is -0.290 e. The summed E-state index contributed by atoms with van der Waals surface area (Å²) in [5.74, 6) is 0. The van der Waals surface area contributed by atoms with Crippen LogP contribution in [0.15, 0.2) is 10.9 Å². The highest BCUT2D eigenvalue weighted by molar-refractivity contribution is 7.07. The molecule has 2 aromatic heterocycles. The van der Waals surface area contributed by atoms with Crippen LogP contribution in [0.1, 0.15) is 35.8 Å². The van der Waals surface area contributed by atoms with Gasteiger partial charge in [-0.1, -0.05) is 11.6 Å². The van der Waals surface area contributed by atoms with Crippen LogP contribution in [0.5, 0.6) is 0 Å². The van der Waals surface area contributed by atoms with E-state index >= 15 is 0 Å². The summed E-state index contributed by atoms with van der Waals surface area (Å²) in [6, 6.07) is 0.378. The molecule has 0 unspecified atom stereocenters. The van der Waals surface area contributed by atoms with Gasteiger partial charge in [0.15, 0.2) is 0 Å². The molecule has 19 heavy (non-hydrogen) atoms. The number of hydrogen-bond donors (Lipinski definition) is 0. The molecule has 0 bridgehead atoms. The molecule has 0 spiro atoms. The van der Waals surface area contributed by atoms with Crippen LogP contribution in [0.25, 0.3) is 0 Å². The zero-order valence-corrected chi connectivity index (χ0v) is 12.7. The number of hydrogen-bond acceptors (Lipinski definition) is 4. The highest BCUT2D eigenvalue weighted by Gasteiger charge is 2.31. The molecule has 2 aromatic rings. The van der Waals surface area contributed by atoms with E-state index in [1.54, 1.807) is 16.0 Å². The quantitative estimate of drug-likeness (QED) is 0.872. The van der Waals surface area contributed by atoms with Crippen LogP contribution in [-0.2, 0) is 13.6 Å². The summed E-state index contributed by atoms with van der Waals surface area (Å²) in [7, 11) is 1.90. The summed E-state index contributed by atoms with van der Waals surface area (Å²) in [5, 5.41) is 7.32. The fourth-order valence-corrected chi connectivity index (χ4v) is 3.74. The van der Waals surface area contributed by atoms with Crippen molar-refractivity contribution in [2.75, 3.05) is 6.54 Å². The lowest BCUT2D eigenvalue weighted by Gasteiger charge is -2.23. The van der Waals surface area contributed by atoms with Gasteiger partial charge in [-0.3, -0.25) is 9.58 Å². The van der Waals surface area contributed by atoms with E-state index in [1.165, 1.54) is 12.0 Å². The van der Waals surface area contributed by atoms with E-state index in [-0.39, 0.29) is 0 Å². The normalized spacial score (nSPS) is 20.3. The molecule has 0 radical (unpaired) electrons. The largest absolute Gasteiger partial charge is 0.290 e. The summed E-state index contributed by atoms with van der Waals surface area (Å²) >= 11 is 8.05. The summed E-state index contributed by atoms with van der Waals surface area (Å²) in [4.78, 5) is 6.84. The van der Waals surface area contributed by atoms with E-state index in [0.717, 1.165) is 36.1 Å². The lowest BCUT2D eigenvalue weighted by molar-refractivity contribution is 0.245. The third-order valence-corrected chi connectivity index (χ3v) is 4.83. The fourth-order valence-electron chi connectivity index (χ4n) is 2.89. The van der Waals surface area contributed by atoms with Gasteiger partial charge in [0.25, 0.3) is 0 Å². The Morgan fingerprint density at radius 2 is 2.37 bits per heavy atom. The standard InChI is InChI=1S/C13H17ClN4S/c1-9-12(13(14)17(2)16-9)11-4-3-5-18(11)6-10-7-19-8-15-10/h7-8,11H,3-6H2,1-2H3/t11-/m0/s1. The van der Waals surface area contributed by atoms with Crippen LogP contribution in [0.4, 0.5) is 0 Å². The van der Waals surface area contributed by atoms with Crippen molar-refractivity contribution in [1.82, 2.24) is 19.7 Å². The van der Waals surface area contributed by atoms with Crippen molar-refractivity contribution in [3.8, 4) is 0 Å². The van der Waals surface area contributed by atoms with Gasteiger partial charge in [-0.15, -0.1) is 11.3 Å². The molecule has 1 fully saturated rings. The highest BCUT2D eigenvalue weighted by Crippen LogP contribution is 2.38. The maximum Gasteiger partial charge on any atom is 0.131 e. The monoisotopic (exact) mass is 296 g/mol. The Hall–Kier alpha value is -0.910. The van der Waals surface area contributed by atoms with Gasteiger partial charge >= 0.3 is 0 Å². The molecule has 6 heteroatoms. The van der Waals surface area contributed by atoms with Gasteiger partial charge in [0, 0.05) is 30.6 Å². The molecule has 0 amide bonds. The van der Waals surface area contributed by atoms with Crippen molar-refractivity contribution in [2.24, 2.45) is 7.05 Å². The molecule has 4 nitrogen and oxygen atoms in total. The van der Waals surface area contributed by atoms with E-state index in [2.05, 4.69) is 20.4 Å². The lowest BCUT2D eigenvalue weighted by atomic mass is 10.1. The Labute approximate surface area is 122 Å². The number of aromatic nitrogens is 3. The first-order valence-corrected chi connectivity index (χ1v) is 7.79. The van der Waals surface area contributed by atoms with Gasteiger partial charge in [-0.05, 0) is 26.3 Å². The van der Waals surface area contributed by atoms with Crippen molar-refractivity contribution < 1.29 is 0 Å². The minimum atomic E-state index is 0.378. The number of rotatable bonds is 3. The number of nitrogens with zero attached hydrogens (tertiary/aromatic N) is 4. The molecule has 0 aromatic carbocycles. The van der Waals surface area contributed by atoms with Gasteiger partial charge in [-0.2, -0.15) is 5.10 Å². The second-order valence-electron chi connectivity index (χ2n) is 5.02. The molecule has 0 N–H and O–H groups in total. The number of likely N-dealkylation sites (tertiary alicyclic amines) is 1. The molecular formula is C13H17ClN4S. The Kier molecular flexibility index (Phi) is 3.60. The summed E-state index contributed by atoms with van der Waals surface area (Å²) in [6.45, 7) is 4.05. The van der Waals surface area contributed by atoms with Crippen molar-refractivity contribution >= 4 is 22.9 Å². The SMILES string of the molecule is Cc1nn(C)c(Cl)c1[C@@H]1CCCN1Cc1cscn1. The minimum absolute atomic E-state index is 0.378. The fraction of sp³-hybridized carbons (Fsp3) is 0.538. The number of halogens is 1. The van der Waals surface area contributed by atoms with Crippen LogP contribution in [-0.4, -0.2) is 26.2 Å². The van der Waals surface area contributed by atoms with E-state index < -0.39 is 0 Å². The van der Waals surface area contributed by atoms with Crippen LogP contribution in [0.3, 0.4) is 0 Å². The predicted octanol–water partition coefficient (Wildman–Crippen LogP) is 3.18. The second-order valence-corrected chi connectivity index (χ2v) is 6.10. The van der Waals surface area contributed by atoms with Gasteiger partial charge < -0.3 is 0 Å². The smallest absolute Gasteiger partial charge is 0.131 e. The van der Waals surface area contributed by atoms with Crippen molar-refractivity contribution in [2.45, 2.75) is 32.4 Å². The van der Waals surface area contributed by atoms with Crippen LogP contribution < -0.4 is 0 Å². The van der Waals surface area contributed by atoms with Crippen molar-refractivity contribution in [3.63, 3.8) is 0 Å². The summed E-state index contributed by atoms with van der Waals surface area (Å²) in [5.41, 5.74) is 5.28. The second kappa shape index (κ2) is 5.23. The first-order chi connectivity index (χ1) is 9.16. The Bertz CT molecular complexity index is 563. The van der Waals surface area contributed by atoms with Gasteiger partial charge in [-0.25, -0.2) is 4.98 Å². The third kappa shape index (κ3) is 2.42. The molecule has 1 aliphatic heterocycles. The lowest BCUT2D eigenvalue weighted by Crippen LogP contribution is -2.23. The predicted molar refractivity (Wildman–Crippen MR) is 77.5 cm³/mol. The average molecular weight is 297 g/mol. The molecule has 1 aliphatic rings. The topological polar surface area (TPSA) is 34.0 Å². The van der Waals surface area contributed by atoms with Crippen LogP contribution >= 0.6 is 22.9 Å². The molecule has 1 atom stereocenters.